The summed E-state index contributed by atoms with van der Waals surface area (Å²) in [6.45, 7) is 2.71. The minimum absolute atomic E-state index is 0.137. The van der Waals surface area contributed by atoms with E-state index in [0.29, 0.717) is 29.2 Å². The van der Waals surface area contributed by atoms with Crippen molar-refractivity contribution in [3.8, 4) is 11.5 Å². The van der Waals surface area contributed by atoms with Crippen molar-refractivity contribution < 1.29 is 19.1 Å². The maximum atomic E-state index is 12.3. The topological polar surface area (TPSA) is 80.2 Å². The highest BCUT2D eigenvalue weighted by Crippen LogP contribution is 2.32. The zero-order valence-corrected chi connectivity index (χ0v) is 14.9. The van der Waals surface area contributed by atoms with Crippen molar-refractivity contribution in [2.75, 3.05) is 18.2 Å². The van der Waals surface area contributed by atoms with Crippen LogP contribution in [0, 0.1) is 0 Å². The second-order valence-corrected chi connectivity index (χ2v) is 6.41. The lowest BCUT2D eigenvalue weighted by atomic mass is 10.1. The summed E-state index contributed by atoms with van der Waals surface area (Å²) >= 11 is 0. The number of anilines is 1. The summed E-state index contributed by atoms with van der Waals surface area (Å²) in [6.07, 6.45) is 1.46. The Bertz CT molecular complexity index is 939. The maximum Gasteiger partial charge on any atom is 0.271 e. The fourth-order valence-corrected chi connectivity index (χ4v) is 3.12. The third-order valence-electron chi connectivity index (χ3n) is 4.61. The van der Waals surface area contributed by atoms with Crippen LogP contribution in [-0.4, -0.2) is 30.9 Å². The number of hydrazone groups is 1. The Hall–Kier alpha value is -3.35. The lowest BCUT2D eigenvalue weighted by Crippen LogP contribution is -2.24. The van der Waals surface area contributed by atoms with Gasteiger partial charge in [-0.25, -0.2) is 5.43 Å². The average molecular weight is 365 g/mol. The molecule has 0 spiro atoms. The molecule has 0 unspecified atom stereocenters. The molecular weight excluding hydrogens is 346 g/mol. The fourth-order valence-electron chi connectivity index (χ4n) is 3.12. The predicted molar refractivity (Wildman–Crippen MR) is 100 cm³/mol. The molecule has 2 aliphatic rings. The van der Waals surface area contributed by atoms with Gasteiger partial charge in [-0.3, -0.25) is 9.59 Å². The molecular formula is C20H19N3O4. The molecule has 0 radical (unpaired) electrons. The van der Waals surface area contributed by atoms with E-state index < -0.39 is 0 Å². The quantitative estimate of drug-likeness (QED) is 0.667. The van der Waals surface area contributed by atoms with Crippen LogP contribution in [0.25, 0.3) is 0 Å². The molecule has 7 heteroatoms. The van der Waals surface area contributed by atoms with Gasteiger partial charge in [0.25, 0.3) is 5.91 Å². The summed E-state index contributed by atoms with van der Waals surface area (Å²) < 4.78 is 10.5. The van der Waals surface area contributed by atoms with E-state index in [1.54, 1.807) is 23.1 Å². The molecule has 2 aliphatic heterocycles. The van der Waals surface area contributed by atoms with Crippen molar-refractivity contribution in [1.29, 1.82) is 0 Å². The van der Waals surface area contributed by atoms with Gasteiger partial charge in [0.15, 0.2) is 11.5 Å². The van der Waals surface area contributed by atoms with E-state index in [2.05, 4.69) is 10.5 Å². The van der Waals surface area contributed by atoms with Crippen molar-refractivity contribution in [2.45, 2.75) is 19.8 Å². The average Bonchev–Trinajstić information content (AvgIpc) is 3.33. The van der Waals surface area contributed by atoms with Crippen molar-refractivity contribution in [3.05, 3.63) is 53.6 Å². The number of carbonyl (C=O) groups is 2. The van der Waals surface area contributed by atoms with Crippen LogP contribution in [0.3, 0.4) is 0 Å². The summed E-state index contributed by atoms with van der Waals surface area (Å²) in [7, 11) is 0. The summed E-state index contributed by atoms with van der Waals surface area (Å²) in [5.41, 5.74) is 5.34. The Morgan fingerprint density at radius 2 is 1.96 bits per heavy atom. The third kappa shape index (κ3) is 3.48. The number of benzene rings is 2. The van der Waals surface area contributed by atoms with Gasteiger partial charge in [0.1, 0.15) is 0 Å². The van der Waals surface area contributed by atoms with Crippen molar-refractivity contribution in [3.63, 3.8) is 0 Å². The van der Waals surface area contributed by atoms with Gasteiger partial charge < -0.3 is 14.4 Å². The number of nitrogens with one attached hydrogen (secondary N) is 1. The third-order valence-corrected chi connectivity index (χ3v) is 4.61. The molecule has 1 saturated heterocycles. The molecule has 2 aromatic rings. The van der Waals surface area contributed by atoms with Crippen LogP contribution in [0.1, 0.15) is 35.7 Å². The summed E-state index contributed by atoms with van der Waals surface area (Å²) in [4.78, 5) is 26.0. The molecule has 1 N–H and O–H groups in total. The lowest BCUT2D eigenvalue weighted by molar-refractivity contribution is -0.117. The van der Waals surface area contributed by atoms with Gasteiger partial charge in [-0.05, 0) is 49.2 Å². The fraction of sp³-hybridized carbons (Fsp3) is 0.250. The standard InChI is InChI=1S/C20H19N3O4/c1-13(14-4-2-5-16(10-14)23-9-3-6-19(23)24)21-22-20(25)15-7-8-17-18(11-15)27-12-26-17/h2,4-5,7-8,10-11H,3,6,9,12H2,1H3,(H,22,25)/b21-13-. The Morgan fingerprint density at radius 3 is 2.78 bits per heavy atom. The molecule has 2 aromatic carbocycles. The second-order valence-electron chi connectivity index (χ2n) is 6.41. The van der Waals surface area contributed by atoms with Gasteiger partial charge in [-0.2, -0.15) is 5.10 Å². The Balaban J connectivity index is 1.48. The number of fused-ring (bicyclic) bond motifs is 1. The summed E-state index contributed by atoms with van der Waals surface area (Å²) in [5.74, 6) is 0.974. The zero-order valence-electron chi connectivity index (χ0n) is 14.9. The number of hydrogen-bond acceptors (Lipinski definition) is 5. The summed E-state index contributed by atoms with van der Waals surface area (Å²) in [6, 6.07) is 12.6. The van der Waals surface area contributed by atoms with Crippen LogP contribution in [0.4, 0.5) is 5.69 Å². The first-order valence-corrected chi connectivity index (χ1v) is 8.77. The van der Waals surface area contributed by atoms with Crippen molar-refractivity contribution >= 4 is 23.2 Å². The number of amides is 2. The molecule has 2 heterocycles. The molecule has 1 fully saturated rings. The largest absolute Gasteiger partial charge is 0.454 e. The molecule has 0 saturated carbocycles. The van der Waals surface area contributed by atoms with Crippen molar-refractivity contribution in [2.24, 2.45) is 5.10 Å². The van der Waals surface area contributed by atoms with Crippen LogP contribution in [0.15, 0.2) is 47.6 Å². The van der Waals surface area contributed by atoms with Gasteiger partial charge in [0.2, 0.25) is 12.7 Å². The molecule has 2 amide bonds. The number of ether oxygens (including phenoxy) is 2. The number of carbonyl (C=O) groups excluding carboxylic acids is 2. The van der Waals surface area contributed by atoms with Crippen LogP contribution < -0.4 is 19.8 Å². The number of hydrogen-bond donors (Lipinski definition) is 1. The zero-order chi connectivity index (χ0) is 18.8. The first kappa shape index (κ1) is 17.1. The van der Waals surface area contributed by atoms with E-state index >= 15 is 0 Å². The first-order valence-electron chi connectivity index (χ1n) is 8.77. The van der Waals surface area contributed by atoms with Crippen molar-refractivity contribution in [1.82, 2.24) is 5.43 Å². The second kappa shape index (κ2) is 7.11. The first-order chi connectivity index (χ1) is 13.1. The summed E-state index contributed by atoms with van der Waals surface area (Å²) in [5, 5.41) is 4.19. The molecule has 0 aliphatic carbocycles. The minimum Gasteiger partial charge on any atom is -0.454 e. The minimum atomic E-state index is -0.335. The smallest absolute Gasteiger partial charge is 0.271 e. The van der Waals surface area contributed by atoms with E-state index in [9.17, 15) is 9.59 Å². The normalized spacial score (nSPS) is 16.0. The highest BCUT2D eigenvalue weighted by molar-refractivity contribution is 6.03. The van der Waals surface area contributed by atoms with Gasteiger partial charge in [0, 0.05) is 24.2 Å². The molecule has 4 rings (SSSR count). The number of nitrogens with zero attached hydrogens (tertiary/aromatic N) is 2. The highest BCUT2D eigenvalue weighted by atomic mass is 16.7. The lowest BCUT2D eigenvalue weighted by Gasteiger charge is -2.16. The van der Waals surface area contributed by atoms with Gasteiger partial charge in [-0.15, -0.1) is 0 Å². The van der Waals surface area contributed by atoms with Crippen LogP contribution in [0.2, 0.25) is 0 Å². The molecule has 0 bridgehead atoms. The Morgan fingerprint density at radius 1 is 1.11 bits per heavy atom. The number of rotatable bonds is 4. The highest BCUT2D eigenvalue weighted by Gasteiger charge is 2.22. The maximum absolute atomic E-state index is 12.3. The van der Waals surface area contributed by atoms with E-state index in [-0.39, 0.29) is 18.6 Å². The van der Waals surface area contributed by atoms with E-state index in [1.807, 2.05) is 31.2 Å². The van der Waals surface area contributed by atoms with Gasteiger partial charge in [-0.1, -0.05) is 12.1 Å². The molecule has 0 atom stereocenters. The molecule has 0 aromatic heterocycles. The van der Waals surface area contributed by atoms with E-state index in [4.69, 9.17) is 9.47 Å². The van der Waals surface area contributed by atoms with Crippen LogP contribution in [0.5, 0.6) is 11.5 Å². The van der Waals surface area contributed by atoms with Crippen LogP contribution in [-0.2, 0) is 4.79 Å². The molecule has 138 valence electrons. The van der Waals surface area contributed by atoms with E-state index in [0.717, 1.165) is 24.2 Å². The SMILES string of the molecule is C/C(=N/NC(=O)c1ccc2c(c1)OCO2)c1cccc(N2CCCC2=O)c1. The van der Waals surface area contributed by atoms with Gasteiger partial charge >= 0.3 is 0 Å². The molecule has 27 heavy (non-hydrogen) atoms. The predicted octanol–water partition coefficient (Wildman–Crippen LogP) is 2.70. The Kier molecular flexibility index (Phi) is 4.50. The molecule has 7 nitrogen and oxygen atoms in total. The van der Waals surface area contributed by atoms with Crippen LogP contribution >= 0.6 is 0 Å². The van der Waals surface area contributed by atoms with E-state index in [1.165, 1.54) is 0 Å². The monoisotopic (exact) mass is 365 g/mol. The Labute approximate surface area is 156 Å². The van der Waals surface area contributed by atoms with Gasteiger partial charge in [0.05, 0.1) is 5.71 Å².